The van der Waals surface area contributed by atoms with Crippen LogP contribution in [0.3, 0.4) is 0 Å². The van der Waals surface area contributed by atoms with Crippen molar-refractivity contribution < 1.29 is 22.6 Å². The summed E-state index contributed by atoms with van der Waals surface area (Å²) in [5, 5.41) is 4.05. The molecule has 0 atom stereocenters. The second-order valence-electron chi connectivity index (χ2n) is 4.42. The summed E-state index contributed by atoms with van der Waals surface area (Å²) in [6, 6.07) is 4.15. The molecule has 0 fully saturated rings. The molecule has 0 unspecified atom stereocenters. The molecule has 5 nitrogen and oxygen atoms in total. The Balaban J connectivity index is 2.41. The van der Waals surface area contributed by atoms with Crippen LogP contribution in [0.2, 0.25) is 0 Å². The summed E-state index contributed by atoms with van der Waals surface area (Å²) in [6.07, 6.45) is -1.69. The van der Waals surface area contributed by atoms with E-state index in [1.165, 1.54) is 24.4 Å². The number of ether oxygens (including phenoxy) is 2. The van der Waals surface area contributed by atoms with Gasteiger partial charge in [-0.05, 0) is 25.1 Å². The number of benzene rings is 1. The van der Waals surface area contributed by atoms with Crippen molar-refractivity contribution >= 4 is 0 Å². The van der Waals surface area contributed by atoms with Gasteiger partial charge in [0.1, 0.15) is 11.5 Å². The van der Waals surface area contributed by atoms with Crippen LogP contribution in [0.4, 0.5) is 13.2 Å². The summed E-state index contributed by atoms with van der Waals surface area (Å²) in [6.45, 7) is 3.05. The predicted molar refractivity (Wildman–Crippen MR) is 74.6 cm³/mol. The van der Waals surface area contributed by atoms with Gasteiger partial charge in [0.15, 0.2) is 0 Å². The first-order valence-electron chi connectivity index (χ1n) is 6.68. The molecule has 0 aliphatic rings. The average Bonchev–Trinajstić information content (AvgIpc) is 2.88. The molecule has 0 bridgehead atoms. The topological polar surface area (TPSA) is 62.3 Å². The number of rotatable bonds is 6. The van der Waals surface area contributed by atoms with E-state index in [1.54, 1.807) is 17.8 Å². The molecular weight excluding hydrogens is 299 g/mol. The number of aromatic nitrogens is 2. The lowest BCUT2D eigenvalue weighted by molar-refractivity contribution is -0.274. The Kier molecular flexibility index (Phi) is 4.92. The monoisotopic (exact) mass is 315 g/mol. The predicted octanol–water partition coefficient (Wildman–Crippen LogP) is 2.81. The fraction of sp³-hybridized carbons (Fsp3) is 0.357. The minimum absolute atomic E-state index is 0.256. The summed E-state index contributed by atoms with van der Waals surface area (Å²) in [5.74, 6) is 0.154. The molecule has 8 heteroatoms. The van der Waals surface area contributed by atoms with E-state index >= 15 is 0 Å². The van der Waals surface area contributed by atoms with Crippen LogP contribution in [0.1, 0.15) is 6.92 Å². The lowest BCUT2D eigenvalue weighted by atomic mass is 10.1. The highest BCUT2D eigenvalue weighted by Gasteiger charge is 2.32. The maximum atomic E-state index is 12.5. The van der Waals surface area contributed by atoms with Crippen LogP contribution >= 0.6 is 0 Å². The number of nitrogens with zero attached hydrogens (tertiary/aromatic N) is 2. The quantitative estimate of drug-likeness (QED) is 0.890. The zero-order valence-corrected chi connectivity index (χ0v) is 11.9. The zero-order chi connectivity index (χ0) is 16.2. The van der Waals surface area contributed by atoms with E-state index in [1.807, 2.05) is 0 Å². The summed E-state index contributed by atoms with van der Waals surface area (Å²) in [7, 11) is 0. The molecule has 22 heavy (non-hydrogen) atoms. The minimum atomic E-state index is -4.77. The molecule has 0 aliphatic carbocycles. The molecule has 2 aromatic rings. The van der Waals surface area contributed by atoms with Crippen LogP contribution in [0.5, 0.6) is 11.5 Å². The van der Waals surface area contributed by atoms with Crippen LogP contribution in [-0.4, -0.2) is 29.3 Å². The third-order valence-corrected chi connectivity index (χ3v) is 2.79. The van der Waals surface area contributed by atoms with Gasteiger partial charge >= 0.3 is 6.36 Å². The van der Waals surface area contributed by atoms with Gasteiger partial charge in [0.05, 0.1) is 19.3 Å². The summed E-state index contributed by atoms with van der Waals surface area (Å²) in [4.78, 5) is 0. The van der Waals surface area contributed by atoms with Gasteiger partial charge in [-0.25, -0.2) is 0 Å². The maximum absolute atomic E-state index is 12.5. The van der Waals surface area contributed by atoms with Crippen molar-refractivity contribution in [2.45, 2.75) is 19.8 Å². The molecule has 2 rings (SSSR count). The molecule has 2 N–H and O–H groups in total. The van der Waals surface area contributed by atoms with E-state index < -0.39 is 6.36 Å². The fourth-order valence-electron chi connectivity index (χ4n) is 1.96. The van der Waals surface area contributed by atoms with Gasteiger partial charge in [0.25, 0.3) is 0 Å². The van der Waals surface area contributed by atoms with Gasteiger partial charge in [-0.1, -0.05) is 0 Å². The van der Waals surface area contributed by atoms with E-state index in [9.17, 15) is 13.2 Å². The molecule has 0 saturated heterocycles. The zero-order valence-electron chi connectivity index (χ0n) is 11.9. The standard InChI is InChI=1S/C14H16F3N3O2/c1-2-21-11-3-4-13(22-14(15,16)17)12(7-11)10-8-19-20(9-10)6-5-18/h3-4,7-9H,2,5-6,18H2,1H3. The Morgan fingerprint density at radius 3 is 2.73 bits per heavy atom. The number of hydrogen-bond acceptors (Lipinski definition) is 4. The molecule has 0 amide bonds. The lowest BCUT2D eigenvalue weighted by Crippen LogP contribution is -2.17. The van der Waals surface area contributed by atoms with Gasteiger partial charge < -0.3 is 15.2 Å². The van der Waals surface area contributed by atoms with Crippen molar-refractivity contribution in [3.63, 3.8) is 0 Å². The van der Waals surface area contributed by atoms with Crippen LogP contribution < -0.4 is 15.2 Å². The van der Waals surface area contributed by atoms with E-state index in [0.717, 1.165) is 0 Å². The fourth-order valence-corrected chi connectivity index (χ4v) is 1.96. The van der Waals surface area contributed by atoms with Crippen LogP contribution in [0.15, 0.2) is 30.6 Å². The van der Waals surface area contributed by atoms with Crippen molar-refractivity contribution in [2.75, 3.05) is 13.2 Å². The molecule has 1 heterocycles. The second-order valence-corrected chi connectivity index (χ2v) is 4.42. The Morgan fingerprint density at radius 1 is 1.32 bits per heavy atom. The highest BCUT2D eigenvalue weighted by molar-refractivity contribution is 5.71. The van der Waals surface area contributed by atoms with Crippen LogP contribution in [0.25, 0.3) is 11.1 Å². The van der Waals surface area contributed by atoms with E-state index in [2.05, 4.69) is 9.84 Å². The largest absolute Gasteiger partial charge is 0.573 e. The molecule has 120 valence electrons. The Hall–Kier alpha value is -2.22. The Morgan fingerprint density at radius 2 is 2.09 bits per heavy atom. The SMILES string of the molecule is CCOc1ccc(OC(F)(F)F)c(-c2cnn(CCN)c2)c1. The lowest BCUT2D eigenvalue weighted by Gasteiger charge is -2.14. The van der Waals surface area contributed by atoms with Gasteiger partial charge in [-0.2, -0.15) is 5.10 Å². The normalized spacial score (nSPS) is 11.5. The molecule has 0 saturated carbocycles. The van der Waals surface area contributed by atoms with Crippen molar-refractivity contribution in [2.24, 2.45) is 5.73 Å². The third kappa shape index (κ3) is 4.14. The number of nitrogens with two attached hydrogens (primary N) is 1. The van der Waals surface area contributed by atoms with Gasteiger partial charge in [-0.15, -0.1) is 13.2 Å². The molecule has 1 aromatic carbocycles. The molecule has 1 aromatic heterocycles. The third-order valence-electron chi connectivity index (χ3n) is 2.79. The van der Waals surface area contributed by atoms with Crippen LogP contribution in [-0.2, 0) is 6.54 Å². The Bertz CT molecular complexity index is 626. The second kappa shape index (κ2) is 6.69. The molecule has 0 radical (unpaired) electrons. The minimum Gasteiger partial charge on any atom is -0.494 e. The molecule has 0 spiro atoms. The number of hydrogen-bond donors (Lipinski definition) is 1. The highest BCUT2D eigenvalue weighted by Crippen LogP contribution is 2.36. The van der Waals surface area contributed by atoms with Crippen molar-refractivity contribution in [1.82, 2.24) is 9.78 Å². The smallest absolute Gasteiger partial charge is 0.494 e. The first-order valence-corrected chi connectivity index (χ1v) is 6.68. The summed E-state index contributed by atoms with van der Waals surface area (Å²) < 4.78 is 48.5. The number of alkyl halides is 3. The summed E-state index contributed by atoms with van der Waals surface area (Å²) in [5.41, 5.74) is 6.18. The first kappa shape index (κ1) is 16.2. The average molecular weight is 315 g/mol. The van der Waals surface area contributed by atoms with Gasteiger partial charge in [-0.3, -0.25) is 4.68 Å². The van der Waals surface area contributed by atoms with Gasteiger partial charge in [0.2, 0.25) is 0 Å². The van der Waals surface area contributed by atoms with Crippen molar-refractivity contribution in [3.8, 4) is 22.6 Å². The van der Waals surface area contributed by atoms with Gasteiger partial charge in [0, 0.05) is 23.9 Å². The van der Waals surface area contributed by atoms with Crippen molar-refractivity contribution in [3.05, 3.63) is 30.6 Å². The Labute approximate surface area is 125 Å². The van der Waals surface area contributed by atoms with Crippen molar-refractivity contribution in [1.29, 1.82) is 0 Å². The van der Waals surface area contributed by atoms with E-state index in [0.29, 0.717) is 31.0 Å². The highest BCUT2D eigenvalue weighted by atomic mass is 19.4. The molecule has 0 aliphatic heterocycles. The van der Waals surface area contributed by atoms with Crippen LogP contribution in [0, 0.1) is 0 Å². The molecular formula is C14H16F3N3O2. The number of halogens is 3. The maximum Gasteiger partial charge on any atom is 0.573 e. The summed E-state index contributed by atoms with van der Waals surface area (Å²) >= 11 is 0. The first-order chi connectivity index (χ1) is 10.4. The van der Waals surface area contributed by atoms with E-state index in [4.69, 9.17) is 10.5 Å². The van der Waals surface area contributed by atoms with E-state index in [-0.39, 0.29) is 11.3 Å².